The number of amides is 1. The molecule has 2 heteroatoms. The minimum Gasteiger partial charge on any atom is -0.359 e. The van der Waals surface area contributed by atoms with Gasteiger partial charge in [-0.05, 0) is 18.9 Å². The first-order valence-corrected chi connectivity index (χ1v) is 4.84. The predicted octanol–water partition coefficient (Wildman–Crippen LogP) is 2.59. The number of carbonyl (C=O) groups is 1. The third kappa shape index (κ3) is 5.36. The second-order valence-electron chi connectivity index (χ2n) is 3.13. The lowest BCUT2D eigenvalue weighted by atomic mass is 10.1. The highest BCUT2D eigenvalue weighted by Crippen LogP contribution is 2.08. The van der Waals surface area contributed by atoms with Gasteiger partial charge in [0, 0.05) is 7.05 Å². The van der Waals surface area contributed by atoms with Crippen molar-refractivity contribution in [3.8, 4) is 0 Å². The Balaban J connectivity index is 4.54. The minimum absolute atomic E-state index is 0.0396. The molecule has 0 bridgehead atoms. The van der Waals surface area contributed by atoms with Gasteiger partial charge in [0.05, 0.1) is 6.42 Å². The van der Waals surface area contributed by atoms with Gasteiger partial charge in [-0.1, -0.05) is 37.3 Å². The van der Waals surface area contributed by atoms with Crippen LogP contribution in [0.2, 0.25) is 0 Å². The van der Waals surface area contributed by atoms with Crippen LogP contribution in [0.25, 0.3) is 0 Å². The predicted molar refractivity (Wildman–Crippen MR) is 61.0 cm³/mol. The van der Waals surface area contributed by atoms with Gasteiger partial charge in [-0.15, -0.1) is 0 Å². The SMILES string of the molecule is C=C/C(C)=C\C(=C/CC)CC(=O)NC. The van der Waals surface area contributed by atoms with Gasteiger partial charge in [-0.2, -0.15) is 0 Å². The molecule has 0 atom stereocenters. The van der Waals surface area contributed by atoms with Crippen molar-refractivity contribution in [2.24, 2.45) is 0 Å². The molecular weight excluding hydrogens is 174 g/mol. The molecule has 78 valence electrons. The van der Waals surface area contributed by atoms with Gasteiger partial charge >= 0.3 is 0 Å². The highest BCUT2D eigenvalue weighted by Gasteiger charge is 2.00. The number of carbonyl (C=O) groups excluding carboxylic acids is 1. The lowest BCUT2D eigenvalue weighted by Crippen LogP contribution is -2.17. The van der Waals surface area contributed by atoms with Crippen LogP contribution < -0.4 is 5.32 Å². The van der Waals surface area contributed by atoms with E-state index in [9.17, 15) is 4.79 Å². The van der Waals surface area contributed by atoms with Crippen LogP contribution in [0.3, 0.4) is 0 Å². The van der Waals surface area contributed by atoms with E-state index >= 15 is 0 Å². The third-order valence-corrected chi connectivity index (χ3v) is 1.84. The zero-order valence-corrected chi connectivity index (χ0v) is 9.26. The monoisotopic (exact) mass is 193 g/mol. The second kappa shape index (κ2) is 7.13. The summed E-state index contributed by atoms with van der Waals surface area (Å²) in [6.07, 6.45) is 7.21. The summed E-state index contributed by atoms with van der Waals surface area (Å²) in [5.41, 5.74) is 2.12. The van der Waals surface area contributed by atoms with E-state index in [0.717, 1.165) is 17.6 Å². The van der Waals surface area contributed by atoms with Crippen molar-refractivity contribution in [2.75, 3.05) is 7.05 Å². The molecule has 0 aliphatic heterocycles. The summed E-state index contributed by atoms with van der Waals surface area (Å²) in [4.78, 5) is 11.2. The van der Waals surface area contributed by atoms with Gasteiger partial charge < -0.3 is 5.32 Å². The molecule has 0 saturated heterocycles. The summed E-state index contributed by atoms with van der Waals surface area (Å²) in [6.45, 7) is 7.71. The number of hydrogen-bond acceptors (Lipinski definition) is 1. The van der Waals surface area contributed by atoms with Crippen LogP contribution in [-0.2, 0) is 4.79 Å². The number of allylic oxidation sites excluding steroid dienone is 4. The molecule has 1 amide bonds. The highest BCUT2D eigenvalue weighted by molar-refractivity contribution is 5.78. The molecule has 0 aromatic heterocycles. The minimum atomic E-state index is 0.0396. The maximum atomic E-state index is 11.2. The fraction of sp³-hybridized carbons (Fsp3) is 0.417. The average Bonchev–Trinajstić information content (AvgIpc) is 2.17. The molecule has 0 rings (SSSR count). The Bertz CT molecular complexity index is 261. The number of rotatable bonds is 5. The molecule has 0 aromatic rings. The molecule has 0 fully saturated rings. The molecule has 0 heterocycles. The van der Waals surface area contributed by atoms with E-state index in [1.54, 1.807) is 13.1 Å². The van der Waals surface area contributed by atoms with Crippen LogP contribution in [0, 0.1) is 0 Å². The molecular formula is C12H19NO. The van der Waals surface area contributed by atoms with Gasteiger partial charge in [0.25, 0.3) is 0 Å². The van der Waals surface area contributed by atoms with Crippen LogP contribution in [0.4, 0.5) is 0 Å². The largest absolute Gasteiger partial charge is 0.359 e. The van der Waals surface area contributed by atoms with Gasteiger partial charge in [0.2, 0.25) is 5.91 Å². The maximum absolute atomic E-state index is 11.2. The summed E-state index contributed by atoms with van der Waals surface area (Å²) < 4.78 is 0. The molecule has 0 aromatic carbocycles. The van der Waals surface area contributed by atoms with Gasteiger partial charge in [-0.3, -0.25) is 4.79 Å². The van der Waals surface area contributed by atoms with Gasteiger partial charge in [0.15, 0.2) is 0 Å². The topological polar surface area (TPSA) is 29.1 Å². The van der Waals surface area contributed by atoms with Crippen LogP contribution in [-0.4, -0.2) is 13.0 Å². The fourth-order valence-corrected chi connectivity index (χ4v) is 1.07. The van der Waals surface area contributed by atoms with E-state index in [1.165, 1.54) is 0 Å². The molecule has 0 aliphatic carbocycles. The summed E-state index contributed by atoms with van der Waals surface area (Å²) in [6, 6.07) is 0. The summed E-state index contributed by atoms with van der Waals surface area (Å²) in [5, 5.41) is 2.61. The van der Waals surface area contributed by atoms with Crippen LogP contribution in [0.1, 0.15) is 26.7 Å². The molecule has 0 radical (unpaired) electrons. The van der Waals surface area contributed by atoms with Gasteiger partial charge in [0.1, 0.15) is 0 Å². The van der Waals surface area contributed by atoms with E-state index in [4.69, 9.17) is 0 Å². The first kappa shape index (κ1) is 12.7. The Labute approximate surface area is 86.4 Å². The van der Waals surface area contributed by atoms with Gasteiger partial charge in [-0.25, -0.2) is 0 Å². The Morgan fingerprint density at radius 2 is 2.14 bits per heavy atom. The first-order valence-electron chi connectivity index (χ1n) is 4.84. The smallest absolute Gasteiger partial charge is 0.224 e. The Kier molecular flexibility index (Phi) is 6.46. The Hall–Kier alpha value is -1.31. The lowest BCUT2D eigenvalue weighted by molar-refractivity contribution is -0.119. The lowest BCUT2D eigenvalue weighted by Gasteiger charge is -2.02. The van der Waals surface area contributed by atoms with E-state index in [0.29, 0.717) is 6.42 Å². The summed E-state index contributed by atoms with van der Waals surface area (Å²) >= 11 is 0. The van der Waals surface area contributed by atoms with E-state index < -0.39 is 0 Å². The number of hydrogen-bond donors (Lipinski definition) is 1. The van der Waals surface area contributed by atoms with Crippen molar-refractivity contribution in [1.29, 1.82) is 0 Å². The zero-order chi connectivity index (χ0) is 11.0. The van der Waals surface area contributed by atoms with Crippen LogP contribution in [0.5, 0.6) is 0 Å². The van der Waals surface area contributed by atoms with Crippen molar-refractivity contribution < 1.29 is 4.79 Å². The quantitative estimate of drug-likeness (QED) is 0.668. The molecule has 0 spiro atoms. The first-order chi connectivity index (χ1) is 6.63. The Morgan fingerprint density at radius 3 is 2.57 bits per heavy atom. The standard InChI is InChI=1S/C12H19NO/c1-5-7-11(8-10(3)6-2)9-12(14)13-4/h6-8H,2,5,9H2,1,3-4H3,(H,13,14)/b10-8-,11-7+. The molecule has 2 nitrogen and oxygen atoms in total. The van der Waals surface area contributed by atoms with Crippen molar-refractivity contribution in [2.45, 2.75) is 26.7 Å². The Morgan fingerprint density at radius 1 is 1.50 bits per heavy atom. The second-order valence-corrected chi connectivity index (χ2v) is 3.13. The van der Waals surface area contributed by atoms with Crippen molar-refractivity contribution in [1.82, 2.24) is 5.32 Å². The average molecular weight is 193 g/mol. The van der Waals surface area contributed by atoms with Crippen molar-refractivity contribution in [3.63, 3.8) is 0 Å². The number of nitrogens with one attached hydrogen (secondary N) is 1. The van der Waals surface area contributed by atoms with Crippen molar-refractivity contribution >= 4 is 5.91 Å². The maximum Gasteiger partial charge on any atom is 0.224 e. The van der Waals surface area contributed by atoms with E-state index in [2.05, 4.69) is 24.9 Å². The summed E-state index contributed by atoms with van der Waals surface area (Å²) in [7, 11) is 1.65. The fourth-order valence-electron chi connectivity index (χ4n) is 1.07. The van der Waals surface area contributed by atoms with Crippen LogP contribution in [0.15, 0.2) is 36.0 Å². The molecule has 0 saturated carbocycles. The molecule has 14 heavy (non-hydrogen) atoms. The highest BCUT2D eigenvalue weighted by atomic mass is 16.1. The summed E-state index contributed by atoms with van der Waals surface area (Å²) in [5.74, 6) is 0.0396. The molecule has 1 N–H and O–H groups in total. The van der Waals surface area contributed by atoms with Crippen LogP contribution >= 0.6 is 0 Å². The molecule has 0 aliphatic rings. The molecule has 0 unspecified atom stereocenters. The van der Waals surface area contributed by atoms with E-state index in [-0.39, 0.29) is 5.91 Å². The normalized spacial score (nSPS) is 12.5. The van der Waals surface area contributed by atoms with Crippen molar-refractivity contribution in [3.05, 3.63) is 36.0 Å². The van der Waals surface area contributed by atoms with E-state index in [1.807, 2.05) is 13.0 Å². The zero-order valence-electron chi connectivity index (χ0n) is 9.26. The third-order valence-electron chi connectivity index (χ3n) is 1.84.